The number of furan rings is 3. The van der Waals surface area contributed by atoms with Gasteiger partial charge in [0.15, 0.2) is 0 Å². The van der Waals surface area contributed by atoms with Crippen molar-refractivity contribution in [1.82, 2.24) is 0 Å². The molecule has 0 saturated carbocycles. The highest BCUT2D eigenvalue weighted by Gasteiger charge is 2.21. The van der Waals surface area contributed by atoms with Gasteiger partial charge in [-0.15, -0.1) is 0 Å². The van der Waals surface area contributed by atoms with Crippen molar-refractivity contribution in [2.75, 3.05) is 9.80 Å². The molecule has 5 nitrogen and oxygen atoms in total. The van der Waals surface area contributed by atoms with Gasteiger partial charge in [0.25, 0.3) is 0 Å². The van der Waals surface area contributed by atoms with E-state index < -0.39 is 0 Å². The lowest BCUT2D eigenvalue weighted by Crippen LogP contribution is -2.10. The lowest BCUT2D eigenvalue weighted by Gasteiger charge is -2.26. The molecule has 0 unspecified atom stereocenters. The summed E-state index contributed by atoms with van der Waals surface area (Å²) < 4.78 is 19.7. The van der Waals surface area contributed by atoms with Crippen LogP contribution in [0.2, 0.25) is 0 Å². The minimum Gasteiger partial charge on any atom is -0.456 e. The van der Waals surface area contributed by atoms with Crippen LogP contribution in [-0.4, -0.2) is 0 Å². The first-order valence-electron chi connectivity index (χ1n) is 23.3. The fourth-order valence-corrected chi connectivity index (χ4v) is 10.3. The van der Waals surface area contributed by atoms with Crippen molar-refractivity contribution in [3.05, 3.63) is 243 Å². The summed E-state index contributed by atoms with van der Waals surface area (Å²) in [7, 11) is 0. The van der Waals surface area contributed by atoms with E-state index in [0.29, 0.717) is 0 Å². The van der Waals surface area contributed by atoms with Gasteiger partial charge in [-0.1, -0.05) is 127 Å². The zero-order chi connectivity index (χ0) is 45.4. The summed E-state index contributed by atoms with van der Waals surface area (Å²) in [4.78, 5) is 4.61. The highest BCUT2D eigenvalue weighted by atomic mass is 16.3. The van der Waals surface area contributed by atoms with E-state index in [-0.39, 0.29) is 0 Å². The second-order valence-electron chi connectivity index (χ2n) is 17.7. The fraction of sp³-hybridized carbons (Fsp3) is 0. The molecule has 0 radical (unpaired) electrons. The molecule has 0 N–H and O–H groups in total. The van der Waals surface area contributed by atoms with E-state index in [1.807, 2.05) is 24.3 Å². The van der Waals surface area contributed by atoms with Crippen LogP contribution in [-0.2, 0) is 0 Å². The van der Waals surface area contributed by atoms with Crippen molar-refractivity contribution < 1.29 is 13.3 Å². The standard InChI is InChI=1S/C64H40N2O3/c1-3-13-41(14-4-1)43-17-11-19-47(33-43)65(50-27-30-55-53-21-7-9-23-59(53)67-62(55)38-50)49-26-25-45-36-58-57-32-29-52(40-64(57)69-61(58)37-46(45)35-49)66(48-20-12-18-44(34-48)42-15-5-2-6-16-42)51-28-31-56-54-22-8-10-24-60(54)68-63(56)39-51/h1-40H. The Labute approximate surface area is 396 Å². The van der Waals surface area contributed by atoms with Crippen molar-refractivity contribution in [1.29, 1.82) is 0 Å². The maximum atomic E-state index is 6.87. The SMILES string of the molecule is c1ccc(-c2cccc(N(c3ccc4cc5c(cc4c3)oc3cc(N(c4cccc(-c6ccccc6)c4)c4ccc6c(c4)oc4ccccc46)ccc35)c3ccc4c(c3)oc3ccccc34)c2)cc1. The third kappa shape index (κ3) is 6.63. The Morgan fingerprint density at radius 2 is 0.580 bits per heavy atom. The number of para-hydroxylation sites is 2. The van der Waals surface area contributed by atoms with Crippen molar-refractivity contribution in [2.24, 2.45) is 0 Å². The van der Waals surface area contributed by atoms with E-state index in [9.17, 15) is 0 Å². The largest absolute Gasteiger partial charge is 0.456 e. The maximum Gasteiger partial charge on any atom is 0.137 e. The zero-order valence-corrected chi connectivity index (χ0v) is 37.2. The zero-order valence-electron chi connectivity index (χ0n) is 37.2. The molecule has 0 fully saturated rings. The van der Waals surface area contributed by atoms with Gasteiger partial charge in [0.1, 0.15) is 33.5 Å². The molecule has 324 valence electrons. The Kier molecular flexibility index (Phi) is 8.83. The molecule has 3 heterocycles. The van der Waals surface area contributed by atoms with Gasteiger partial charge in [0.2, 0.25) is 0 Å². The van der Waals surface area contributed by atoms with E-state index in [1.165, 1.54) is 0 Å². The van der Waals surface area contributed by atoms with Crippen LogP contribution in [0, 0.1) is 0 Å². The molecule has 0 spiro atoms. The first kappa shape index (κ1) is 38.9. The van der Waals surface area contributed by atoms with Crippen LogP contribution < -0.4 is 9.80 Å². The normalized spacial score (nSPS) is 11.8. The highest BCUT2D eigenvalue weighted by Crippen LogP contribution is 2.44. The summed E-state index contributed by atoms with van der Waals surface area (Å²) in [6.07, 6.45) is 0. The predicted molar refractivity (Wildman–Crippen MR) is 286 cm³/mol. The molecule has 0 bridgehead atoms. The molecule has 14 rings (SSSR count). The molecule has 0 amide bonds. The smallest absolute Gasteiger partial charge is 0.137 e. The molecule has 3 aromatic heterocycles. The molecule has 69 heavy (non-hydrogen) atoms. The van der Waals surface area contributed by atoms with Crippen LogP contribution in [0.4, 0.5) is 34.1 Å². The molecule has 0 saturated heterocycles. The van der Waals surface area contributed by atoms with Crippen LogP contribution >= 0.6 is 0 Å². The lowest BCUT2D eigenvalue weighted by molar-refractivity contribution is 0.668. The molecule has 11 aromatic carbocycles. The average molecular weight is 885 g/mol. The number of rotatable bonds is 8. The summed E-state index contributed by atoms with van der Waals surface area (Å²) in [5.74, 6) is 0. The monoisotopic (exact) mass is 884 g/mol. The van der Waals surface area contributed by atoms with Crippen LogP contribution in [0.1, 0.15) is 0 Å². The van der Waals surface area contributed by atoms with E-state index in [1.54, 1.807) is 0 Å². The number of nitrogens with zero attached hydrogens (tertiary/aromatic N) is 2. The Morgan fingerprint density at radius 3 is 1.10 bits per heavy atom. The molecule has 14 aromatic rings. The minimum atomic E-state index is 0.811. The summed E-state index contributed by atoms with van der Waals surface area (Å²) >= 11 is 0. The number of fused-ring (bicyclic) bond motifs is 10. The molecular weight excluding hydrogens is 845 g/mol. The predicted octanol–water partition coefficient (Wildman–Crippen LogP) is 18.8. The fourth-order valence-electron chi connectivity index (χ4n) is 10.3. The lowest BCUT2D eigenvalue weighted by atomic mass is 10.0. The topological polar surface area (TPSA) is 45.9 Å². The summed E-state index contributed by atoms with van der Waals surface area (Å²) in [6, 6.07) is 85.7. The van der Waals surface area contributed by atoms with Gasteiger partial charge in [-0.3, -0.25) is 0 Å². The number of anilines is 6. The molecule has 5 heteroatoms. The molecule has 0 aliphatic carbocycles. The average Bonchev–Trinajstić information content (AvgIpc) is 4.09. The van der Waals surface area contributed by atoms with E-state index in [0.717, 1.165) is 133 Å². The Balaban J connectivity index is 0.896. The second-order valence-corrected chi connectivity index (χ2v) is 17.7. The van der Waals surface area contributed by atoms with E-state index in [4.69, 9.17) is 13.3 Å². The van der Waals surface area contributed by atoms with E-state index in [2.05, 4.69) is 228 Å². The number of benzene rings is 11. The van der Waals surface area contributed by atoms with Gasteiger partial charge in [0.05, 0.1) is 0 Å². The van der Waals surface area contributed by atoms with Crippen molar-refractivity contribution in [3.8, 4) is 22.3 Å². The quantitative estimate of drug-likeness (QED) is 0.152. The summed E-state index contributed by atoms with van der Waals surface area (Å²) in [6.45, 7) is 0. The van der Waals surface area contributed by atoms with Gasteiger partial charge in [-0.2, -0.15) is 0 Å². The van der Waals surface area contributed by atoms with Crippen LogP contribution in [0.15, 0.2) is 256 Å². The molecule has 0 aliphatic heterocycles. The molecular formula is C64H40N2O3. The van der Waals surface area contributed by atoms with Crippen LogP contribution in [0.25, 0.3) is 98.8 Å². The molecule has 0 aliphatic rings. The van der Waals surface area contributed by atoms with Gasteiger partial charge >= 0.3 is 0 Å². The minimum absolute atomic E-state index is 0.811. The highest BCUT2D eigenvalue weighted by molar-refractivity contribution is 6.12. The van der Waals surface area contributed by atoms with E-state index >= 15 is 0 Å². The third-order valence-electron chi connectivity index (χ3n) is 13.6. The van der Waals surface area contributed by atoms with Gasteiger partial charge in [-0.25, -0.2) is 0 Å². The van der Waals surface area contributed by atoms with Gasteiger partial charge < -0.3 is 23.1 Å². The Morgan fingerprint density at radius 1 is 0.203 bits per heavy atom. The second kappa shape index (κ2) is 15.7. The Bertz CT molecular complexity index is 4070. The van der Waals surface area contributed by atoms with Crippen molar-refractivity contribution >= 4 is 111 Å². The van der Waals surface area contributed by atoms with Gasteiger partial charge in [-0.05, 0) is 130 Å². The summed E-state index contributed by atoms with van der Waals surface area (Å²) in [5.41, 5.74) is 15.7. The summed E-state index contributed by atoms with van der Waals surface area (Å²) in [5, 5.41) is 8.73. The number of hydrogen-bond donors (Lipinski definition) is 0. The van der Waals surface area contributed by atoms with Crippen molar-refractivity contribution in [3.63, 3.8) is 0 Å². The van der Waals surface area contributed by atoms with Gasteiger partial charge in [0, 0.05) is 84.6 Å². The first-order chi connectivity index (χ1) is 34.1. The molecule has 0 atom stereocenters. The number of hydrogen-bond acceptors (Lipinski definition) is 5. The van der Waals surface area contributed by atoms with Crippen LogP contribution in [0.3, 0.4) is 0 Å². The first-order valence-corrected chi connectivity index (χ1v) is 23.3. The Hall–Kier alpha value is -9.32. The van der Waals surface area contributed by atoms with Crippen LogP contribution in [0.5, 0.6) is 0 Å². The van der Waals surface area contributed by atoms with Crippen molar-refractivity contribution in [2.45, 2.75) is 0 Å². The third-order valence-corrected chi connectivity index (χ3v) is 13.6. The maximum absolute atomic E-state index is 6.87.